The molecule has 3 aromatic rings. The standard InChI is InChI=1S/C32H39F3N6O3S/c33-32(34,35)25-8-7-22(17-29(25)45-21-30(44)40-11-3-4-12-40)31-24-18-36-10-9-26(24)41(37-31)20-23(42)19-38-13-15-39(16-14-38)27-5-1-2-6-28(27)43/h1-2,5-8,17,23,36,42-43H,3-4,9-16,18-21H2. The number of β-amino-alcohol motifs (C(OH)–C–C–N with tert-alkyl or cyclic N) is 1. The number of aromatic hydroxyl groups is 1. The average Bonchev–Trinajstić information content (AvgIpc) is 3.69. The predicted octanol–water partition coefficient (Wildman–Crippen LogP) is 3.82. The van der Waals surface area contributed by atoms with E-state index in [2.05, 4.69) is 15.1 Å². The number of carbonyl (C=O) groups is 1. The fourth-order valence-corrected chi connectivity index (χ4v) is 7.49. The molecule has 3 aliphatic rings. The van der Waals surface area contributed by atoms with E-state index >= 15 is 0 Å². The number of carbonyl (C=O) groups excluding carboxylic acids is 1. The number of piperazine rings is 1. The molecule has 0 bridgehead atoms. The lowest BCUT2D eigenvalue weighted by Crippen LogP contribution is -2.49. The van der Waals surface area contributed by atoms with Crippen molar-refractivity contribution in [3.05, 3.63) is 59.3 Å². The number of aromatic nitrogens is 2. The van der Waals surface area contributed by atoms with E-state index in [1.165, 1.54) is 12.1 Å². The Kier molecular flexibility index (Phi) is 9.60. The van der Waals surface area contributed by atoms with Crippen LogP contribution in [0.2, 0.25) is 0 Å². The highest BCUT2D eigenvalue weighted by atomic mass is 32.2. The van der Waals surface area contributed by atoms with Gasteiger partial charge in [0.1, 0.15) is 5.75 Å². The van der Waals surface area contributed by atoms with E-state index in [1.807, 2.05) is 16.8 Å². The minimum atomic E-state index is -4.55. The number of likely N-dealkylation sites (tertiary alicyclic amines) is 1. The Morgan fingerprint density at radius 2 is 1.78 bits per heavy atom. The van der Waals surface area contributed by atoms with Crippen molar-refractivity contribution in [3.8, 4) is 17.0 Å². The number of benzene rings is 2. The molecule has 4 heterocycles. The van der Waals surface area contributed by atoms with Crippen LogP contribution >= 0.6 is 11.8 Å². The lowest BCUT2D eigenvalue weighted by atomic mass is 10.0. The third-order valence-corrected chi connectivity index (χ3v) is 9.86. The summed E-state index contributed by atoms with van der Waals surface area (Å²) in [4.78, 5) is 18.7. The topological polar surface area (TPSA) is 97.1 Å². The van der Waals surface area contributed by atoms with Crippen molar-refractivity contribution < 1.29 is 28.2 Å². The average molecular weight is 645 g/mol. The molecule has 1 aromatic heterocycles. The molecular weight excluding hydrogens is 605 g/mol. The van der Waals surface area contributed by atoms with Crippen molar-refractivity contribution in [2.24, 2.45) is 0 Å². The number of amides is 1. The number of anilines is 1. The number of para-hydroxylation sites is 2. The van der Waals surface area contributed by atoms with Gasteiger partial charge >= 0.3 is 6.18 Å². The van der Waals surface area contributed by atoms with E-state index in [0.717, 1.165) is 80.3 Å². The molecule has 1 atom stereocenters. The maximum Gasteiger partial charge on any atom is 0.417 e. The van der Waals surface area contributed by atoms with Gasteiger partial charge in [-0.25, -0.2) is 0 Å². The summed E-state index contributed by atoms with van der Waals surface area (Å²) < 4.78 is 43.7. The van der Waals surface area contributed by atoms with Crippen LogP contribution in [0.25, 0.3) is 11.3 Å². The molecule has 2 aromatic carbocycles. The molecule has 1 amide bonds. The number of alkyl halides is 3. The second kappa shape index (κ2) is 13.6. The van der Waals surface area contributed by atoms with E-state index in [9.17, 15) is 28.2 Å². The van der Waals surface area contributed by atoms with Crippen LogP contribution in [0, 0.1) is 0 Å². The van der Waals surface area contributed by atoms with Gasteiger partial charge in [-0.1, -0.05) is 18.2 Å². The van der Waals surface area contributed by atoms with Crippen molar-refractivity contribution in [3.63, 3.8) is 0 Å². The van der Waals surface area contributed by atoms with Crippen LogP contribution in [0.4, 0.5) is 18.9 Å². The Balaban J connectivity index is 1.16. The lowest BCUT2D eigenvalue weighted by molar-refractivity contribution is -0.139. The van der Waals surface area contributed by atoms with Crippen LogP contribution < -0.4 is 10.2 Å². The fraction of sp³-hybridized carbons (Fsp3) is 0.500. The third-order valence-electron chi connectivity index (χ3n) is 8.82. The Bertz CT molecular complexity index is 1500. The highest BCUT2D eigenvalue weighted by molar-refractivity contribution is 8.00. The number of phenols is 1. The maximum atomic E-state index is 14.0. The molecular formula is C32H39F3N6O3S. The highest BCUT2D eigenvalue weighted by Gasteiger charge is 2.35. The molecule has 6 rings (SSSR count). The van der Waals surface area contributed by atoms with E-state index in [0.29, 0.717) is 43.9 Å². The Hall–Kier alpha value is -3.26. The molecule has 3 N–H and O–H groups in total. The van der Waals surface area contributed by atoms with Crippen molar-refractivity contribution in [2.45, 2.75) is 49.5 Å². The largest absolute Gasteiger partial charge is 0.506 e. The number of phenolic OH excluding ortho intramolecular Hbond substituents is 1. The number of thioether (sulfide) groups is 1. The maximum absolute atomic E-state index is 14.0. The summed E-state index contributed by atoms with van der Waals surface area (Å²) in [6.45, 7) is 6.27. The summed E-state index contributed by atoms with van der Waals surface area (Å²) in [5, 5.41) is 29.5. The zero-order valence-corrected chi connectivity index (χ0v) is 25.9. The fourth-order valence-electron chi connectivity index (χ4n) is 6.48. The van der Waals surface area contributed by atoms with Crippen LogP contribution in [-0.2, 0) is 30.5 Å². The number of nitrogens with zero attached hydrogens (tertiary/aromatic N) is 5. The summed E-state index contributed by atoms with van der Waals surface area (Å²) in [6, 6.07) is 11.3. The molecule has 0 spiro atoms. The first-order chi connectivity index (χ1) is 21.7. The molecule has 0 aliphatic carbocycles. The third kappa shape index (κ3) is 7.26. The molecule has 13 heteroatoms. The van der Waals surface area contributed by atoms with Crippen molar-refractivity contribution in [1.82, 2.24) is 24.9 Å². The lowest BCUT2D eigenvalue weighted by Gasteiger charge is -2.37. The number of fused-ring (bicyclic) bond motifs is 1. The molecule has 1 unspecified atom stereocenters. The van der Waals surface area contributed by atoms with Gasteiger partial charge in [-0.2, -0.15) is 18.3 Å². The van der Waals surface area contributed by atoms with Gasteiger partial charge in [0.15, 0.2) is 0 Å². The molecule has 3 aliphatic heterocycles. The van der Waals surface area contributed by atoms with Crippen LogP contribution in [0.5, 0.6) is 5.75 Å². The van der Waals surface area contributed by atoms with Crippen molar-refractivity contribution >= 4 is 23.4 Å². The number of rotatable bonds is 9. The summed E-state index contributed by atoms with van der Waals surface area (Å²) in [5.41, 5.74) is 3.12. The van der Waals surface area contributed by atoms with Crippen LogP contribution in [0.3, 0.4) is 0 Å². The Morgan fingerprint density at radius 1 is 1.02 bits per heavy atom. The molecule has 2 fully saturated rings. The zero-order valence-electron chi connectivity index (χ0n) is 25.1. The summed E-state index contributed by atoms with van der Waals surface area (Å²) in [7, 11) is 0. The second-order valence-corrected chi connectivity index (χ2v) is 12.9. The van der Waals surface area contributed by atoms with Crippen LogP contribution in [-0.4, -0.2) is 99.9 Å². The summed E-state index contributed by atoms with van der Waals surface area (Å²) in [6.07, 6.45) is -2.70. The van der Waals surface area contributed by atoms with E-state index in [-0.39, 0.29) is 28.8 Å². The monoisotopic (exact) mass is 644 g/mol. The first-order valence-corrected chi connectivity index (χ1v) is 16.5. The molecule has 2 saturated heterocycles. The minimum absolute atomic E-state index is 0.0163. The molecule has 45 heavy (non-hydrogen) atoms. The van der Waals surface area contributed by atoms with Gasteiger partial charge in [-0.15, -0.1) is 11.8 Å². The van der Waals surface area contributed by atoms with E-state index in [4.69, 9.17) is 5.10 Å². The SMILES string of the molecule is O=C(CSc1cc(-c2nn(CC(O)CN3CCN(c4ccccc4O)CC3)c3c2CNCC3)ccc1C(F)(F)F)N1CCCC1. The van der Waals surface area contributed by atoms with Gasteiger partial charge < -0.3 is 25.3 Å². The van der Waals surface area contributed by atoms with Crippen LogP contribution in [0.15, 0.2) is 47.4 Å². The molecule has 9 nitrogen and oxygen atoms in total. The van der Waals surface area contributed by atoms with Crippen LogP contribution in [0.1, 0.15) is 29.7 Å². The van der Waals surface area contributed by atoms with Gasteiger partial charge in [-0.05, 0) is 37.1 Å². The van der Waals surface area contributed by atoms with Gasteiger partial charge in [0.05, 0.1) is 35.3 Å². The number of halogens is 3. The molecule has 0 saturated carbocycles. The highest BCUT2D eigenvalue weighted by Crippen LogP contribution is 2.40. The van der Waals surface area contributed by atoms with Gasteiger partial charge in [0.25, 0.3) is 0 Å². The van der Waals surface area contributed by atoms with Gasteiger partial charge in [0, 0.05) is 87.0 Å². The summed E-state index contributed by atoms with van der Waals surface area (Å²) >= 11 is 0.927. The Morgan fingerprint density at radius 3 is 2.51 bits per heavy atom. The zero-order chi connectivity index (χ0) is 31.6. The number of nitrogens with one attached hydrogen (secondary N) is 1. The Labute approximate surface area is 265 Å². The number of aliphatic hydroxyl groups is 1. The summed E-state index contributed by atoms with van der Waals surface area (Å²) in [5.74, 6) is 0.0673. The molecule has 242 valence electrons. The normalized spacial score (nSPS) is 18.3. The van der Waals surface area contributed by atoms with Gasteiger partial charge in [-0.3, -0.25) is 14.4 Å². The smallest absolute Gasteiger partial charge is 0.417 e. The first-order valence-electron chi connectivity index (χ1n) is 15.5. The van der Waals surface area contributed by atoms with Crippen molar-refractivity contribution in [1.29, 1.82) is 0 Å². The second-order valence-electron chi connectivity index (χ2n) is 11.9. The molecule has 0 radical (unpaired) electrons. The first kappa shape index (κ1) is 31.7. The number of aliphatic hydroxyl groups excluding tert-OH is 1. The number of hydrogen-bond acceptors (Lipinski definition) is 8. The van der Waals surface area contributed by atoms with Crippen molar-refractivity contribution in [2.75, 3.05) is 63.0 Å². The minimum Gasteiger partial charge on any atom is -0.506 e. The van der Waals surface area contributed by atoms with E-state index < -0.39 is 17.8 Å². The van der Waals surface area contributed by atoms with Gasteiger partial charge in [0.2, 0.25) is 5.91 Å². The quantitative estimate of drug-likeness (QED) is 0.303. The predicted molar refractivity (Wildman–Crippen MR) is 167 cm³/mol. The number of hydrogen-bond donors (Lipinski definition) is 3. The van der Waals surface area contributed by atoms with E-state index in [1.54, 1.807) is 17.0 Å².